The van der Waals surface area contributed by atoms with Crippen LogP contribution in [0.4, 0.5) is 0 Å². The van der Waals surface area contributed by atoms with Crippen molar-refractivity contribution in [3.05, 3.63) is 48.6 Å². The van der Waals surface area contributed by atoms with Gasteiger partial charge in [-0.25, -0.2) is 0 Å². The molecule has 1 atom stereocenters. The van der Waals surface area contributed by atoms with Gasteiger partial charge in [0, 0.05) is 19.4 Å². The molecule has 1 aromatic rings. The highest BCUT2D eigenvalue weighted by atomic mass is 16.2. The topological polar surface area (TPSA) is 58.2 Å². The number of hydrogen-bond donors (Lipinski definition) is 2. The molecule has 0 aliphatic rings. The first-order valence-corrected chi connectivity index (χ1v) is 17.9. The van der Waals surface area contributed by atoms with Gasteiger partial charge in [-0.3, -0.25) is 9.59 Å². The average molecular weight is 583 g/mol. The van der Waals surface area contributed by atoms with Gasteiger partial charge in [0.2, 0.25) is 11.8 Å². The highest BCUT2D eigenvalue weighted by molar-refractivity contribution is 5.87. The minimum Gasteiger partial charge on any atom is -0.354 e. The van der Waals surface area contributed by atoms with E-state index in [0.717, 1.165) is 44.1 Å². The Hall–Kier alpha value is -2.10. The van der Waals surface area contributed by atoms with E-state index in [1.807, 2.05) is 36.4 Å². The maximum Gasteiger partial charge on any atom is 0.242 e. The van der Waals surface area contributed by atoms with E-state index in [1.165, 1.54) is 109 Å². The Kier molecular flexibility index (Phi) is 26.2. The van der Waals surface area contributed by atoms with Crippen LogP contribution in [0.25, 0.3) is 0 Å². The van der Waals surface area contributed by atoms with Crippen LogP contribution in [0.3, 0.4) is 0 Å². The Balaban J connectivity index is 2.14. The molecule has 0 radical (unpaired) electrons. The fraction of sp³-hybridized carbons (Fsp3) is 0.737. The van der Waals surface area contributed by atoms with Gasteiger partial charge in [0.15, 0.2) is 0 Å². The van der Waals surface area contributed by atoms with Crippen LogP contribution in [-0.2, 0) is 16.0 Å². The van der Waals surface area contributed by atoms with Crippen molar-refractivity contribution in [2.24, 2.45) is 0 Å². The van der Waals surface area contributed by atoms with Crippen molar-refractivity contribution in [3.63, 3.8) is 0 Å². The molecule has 2 N–H and O–H groups in total. The number of carbonyl (C=O) groups is 2. The number of rotatable bonds is 30. The fourth-order valence-electron chi connectivity index (χ4n) is 5.61. The van der Waals surface area contributed by atoms with Crippen molar-refractivity contribution in [2.45, 2.75) is 173 Å². The third-order valence-corrected chi connectivity index (χ3v) is 8.33. The van der Waals surface area contributed by atoms with Crippen LogP contribution in [0.15, 0.2) is 43.0 Å². The molecule has 4 nitrogen and oxygen atoms in total. The quantitative estimate of drug-likeness (QED) is 0.0700. The van der Waals surface area contributed by atoms with Gasteiger partial charge >= 0.3 is 0 Å². The Labute approximate surface area is 260 Å². The maximum atomic E-state index is 13.0. The van der Waals surface area contributed by atoms with Gasteiger partial charge in [0.25, 0.3) is 0 Å². The van der Waals surface area contributed by atoms with E-state index in [4.69, 9.17) is 0 Å². The second-order valence-electron chi connectivity index (χ2n) is 12.4. The SMILES string of the molecule is C=CCCCCCCCCC(=O)NC(Cc1ccccc1)C(=O)NCCCCCCCCCCCCCCCCCC. The summed E-state index contributed by atoms with van der Waals surface area (Å²) in [6.45, 7) is 6.74. The highest BCUT2D eigenvalue weighted by Crippen LogP contribution is 2.14. The van der Waals surface area contributed by atoms with Gasteiger partial charge in [-0.2, -0.15) is 0 Å². The maximum absolute atomic E-state index is 13.0. The van der Waals surface area contributed by atoms with Gasteiger partial charge in [-0.15, -0.1) is 6.58 Å². The van der Waals surface area contributed by atoms with E-state index >= 15 is 0 Å². The van der Waals surface area contributed by atoms with Crippen LogP contribution < -0.4 is 10.6 Å². The third kappa shape index (κ3) is 23.5. The number of unbranched alkanes of at least 4 members (excludes halogenated alkanes) is 21. The Morgan fingerprint density at radius 2 is 1.14 bits per heavy atom. The van der Waals surface area contributed by atoms with E-state index in [0.29, 0.717) is 19.4 Å². The van der Waals surface area contributed by atoms with Crippen LogP contribution in [0.2, 0.25) is 0 Å². The van der Waals surface area contributed by atoms with Gasteiger partial charge in [0.05, 0.1) is 0 Å². The molecule has 42 heavy (non-hydrogen) atoms. The van der Waals surface area contributed by atoms with Crippen LogP contribution in [-0.4, -0.2) is 24.4 Å². The smallest absolute Gasteiger partial charge is 0.242 e. The molecule has 0 heterocycles. The molecule has 1 aromatic carbocycles. The lowest BCUT2D eigenvalue weighted by Crippen LogP contribution is -2.48. The molecule has 0 bridgehead atoms. The highest BCUT2D eigenvalue weighted by Gasteiger charge is 2.20. The molecular formula is C38H66N2O2. The summed E-state index contributed by atoms with van der Waals surface area (Å²) in [5, 5.41) is 6.13. The van der Waals surface area contributed by atoms with Crippen LogP contribution in [0.5, 0.6) is 0 Å². The summed E-state index contributed by atoms with van der Waals surface area (Å²) in [6.07, 6.45) is 32.3. The molecule has 1 rings (SSSR count). The first-order valence-electron chi connectivity index (χ1n) is 17.9. The van der Waals surface area contributed by atoms with Crippen LogP contribution in [0.1, 0.15) is 167 Å². The second kappa shape index (κ2) is 29.0. The first-order chi connectivity index (χ1) is 20.7. The molecule has 0 saturated carbocycles. The number of benzene rings is 1. The van der Waals surface area contributed by atoms with Crippen molar-refractivity contribution in [3.8, 4) is 0 Å². The lowest BCUT2D eigenvalue weighted by Gasteiger charge is -2.19. The van der Waals surface area contributed by atoms with Crippen molar-refractivity contribution >= 4 is 11.8 Å². The fourth-order valence-corrected chi connectivity index (χ4v) is 5.61. The molecule has 0 aliphatic carbocycles. The molecule has 0 fully saturated rings. The largest absolute Gasteiger partial charge is 0.354 e. The normalized spacial score (nSPS) is 11.7. The minimum atomic E-state index is -0.514. The van der Waals surface area contributed by atoms with E-state index in [1.54, 1.807) is 0 Å². The van der Waals surface area contributed by atoms with Crippen molar-refractivity contribution < 1.29 is 9.59 Å². The van der Waals surface area contributed by atoms with Gasteiger partial charge < -0.3 is 10.6 Å². The summed E-state index contributed by atoms with van der Waals surface area (Å²) >= 11 is 0. The molecule has 1 unspecified atom stereocenters. The van der Waals surface area contributed by atoms with Crippen LogP contribution >= 0.6 is 0 Å². The zero-order valence-corrected chi connectivity index (χ0v) is 27.4. The summed E-state index contributed by atoms with van der Waals surface area (Å²) in [7, 11) is 0. The van der Waals surface area contributed by atoms with Gasteiger partial charge in [-0.05, 0) is 31.2 Å². The standard InChI is InChI=1S/C38H66N2O2/c1-3-5-7-9-11-13-14-15-16-17-18-19-20-22-24-29-33-39-38(42)36(34-35-30-26-25-27-31-35)40-37(41)32-28-23-21-12-10-8-6-4-2/h4,25-27,30-31,36H,2-3,5-24,28-29,32-34H2,1H3,(H,39,42)(H,40,41). The first kappa shape index (κ1) is 37.9. The van der Waals surface area contributed by atoms with Gasteiger partial charge in [0.1, 0.15) is 6.04 Å². The number of allylic oxidation sites excluding steroid dienone is 1. The summed E-state index contributed by atoms with van der Waals surface area (Å²) in [5.41, 5.74) is 1.07. The Morgan fingerprint density at radius 3 is 1.67 bits per heavy atom. The number of hydrogen-bond acceptors (Lipinski definition) is 2. The average Bonchev–Trinajstić information content (AvgIpc) is 3.00. The molecule has 0 aromatic heterocycles. The van der Waals surface area contributed by atoms with Crippen molar-refractivity contribution in [2.75, 3.05) is 6.54 Å². The monoisotopic (exact) mass is 583 g/mol. The number of amides is 2. The predicted octanol–water partition coefficient (Wildman–Crippen LogP) is 10.4. The zero-order chi connectivity index (χ0) is 30.4. The number of nitrogens with one attached hydrogen (secondary N) is 2. The summed E-state index contributed by atoms with van der Waals surface area (Å²) in [4.78, 5) is 25.7. The molecule has 0 saturated heterocycles. The zero-order valence-electron chi connectivity index (χ0n) is 27.4. The lowest BCUT2D eigenvalue weighted by molar-refractivity contribution is -0.129. The summed E-state index contributed by atoms with van der Waals surface area (Å²) < 4.78 is 0. The molecule has 240 valence electrons. The summed E-state index contributed by atoms with van der Waals surface area (Å²) in [6, 6.07) is 9.48. The molecule has 4 heteroatoms. The lowest BCUT2D eigenvalue weighted by atomic mass is 10.0. The third-order valence-electron chi connectivity index (χ3n) is 8.33. The number of carbonyl (C=O) groups excluding carboxylic acids is 2. The Morgan fingerprint density at radius 1 is 0.667 bits per heavy atom. The molecule has 0 spiro atoms. The Bertz CT molecular complexity index is 764. The molecular weight excluding hydrogens is 516 g/mol. The van der Waals surface area contributed by atoms with E-state index in [2.05, 4.69) is 24.1 Å². The minimum absolute atomic E-state index is 0.0138. The van der Waals surface area contributed by atoms with Crippen molar-refractivity contribution in [1.29, 1.82) is 0 Å². The van der Waals surface area contributed by atoms with Crippen molar-refractivity contribution in [1.82, 2.24) is 10.6 Å². The second-order valence-corrected chi connectivity index (χ2v) is 12.4. The molecule has 0 aliphatic heterocycles. The van der Waals surface area contributed by atoms with E-state index < -0.39 is 6.04 Å². The van der Waals surface area contributed by atoms with E-state index in [-0.39, 0.29) is 11.8 Å². The summed E-state index contributed by atoms with van der Waals surface area (Å²) in [5.74, 6) is -0.0736. The predicted molar refractivity (Wildman–Crippen MR) is 182 cm³/mol. The molecule has 2 amide bonds. The van der Waals surface area contributed by atoms with Crippen LogP contribution in [0, 0.1) is 0 Å². The van der Waals surface area contributed by atoms with Gasteiger partial charge in [-0.1, -0.05) is 165 Å². The van der Waals surface area contributed by atoms with E-state index in [9.17, 15) is 9.59 Å².